The molecule has 0 bridgehead atoms. The van der Waals surface area contributed by atoms with Crippen LogP contribution in [0.4, 0.5) is 4.39 Å². The molecule has 4 heteroatoms. The second-order valence-corrected chi connectivity index (χ2v) is 5.30. The fraction of sp³-hybridized carbons (Fsp3) is 0.167. The van der Waals surface area contributed by atoms with Crippen molar-refractivity contribution in [3.05, 3.63) is 65.2 Å². The van der Waals surface area contributed by atoms with Gasteiger partial charge in [-0.05, 0) is 61.4 Å². The Labute approximate surface area is 127 Å². The predicted molar refractivity (Wildman–Crippen MR) is 81.4 cm³/mol. The van der Waals surface area contributed by atoms with Crippen LogP contribution in [0.15, 0.2) is 47.1 Å². The number of aryl methyl sites for hydroxylation is 2. The highest BCUT2D eigenvalue weighted by molar-refractivity contribution is 5.87. The maximum atomic E-state index is 12.8. The van der Waals surface area contributed by atoms with Crippen LogP contribution in [0.25, 0.3) is 11.0 Å². The van der Waals surface area contributed by atoms with Crippen LogP contribution < -0.4 is 4.74 Å². The largest absolute Gasteiger partial charge is 0.464 e. The van der Waals surface area contributed by atoms with E-state index < -0.39 is 5.97 Å². The number of carbonyl (C=O) groups is 1. The summed E-state index contributed by atoms with van der Waals surface area (Å²) < 4.78 is 23.5. The van der Waals surface area contributed by atoms with Crippen molar-refractivity contribution in [1.29, 1.82) is 0 Å². The van der Waals surface area contributed by atoms with Crippen molar-refractivity contribution in [3.8, 4) is 5.75 Å². The number of hydrogen-bond acceptors (Lipinski definition) is 3. The van der Waals surface area contributed by atoms with Crippen LogP contribution in [0.1, 0.15) is 16.7 Å². The molecule has 0 spiro atoms. The first-order valence-electron chi connectivity index (χ1n) is 6.96. The minimum Gasteiger partial charge on any atom is -0.464 e. The number of esters is 1. The number of rotatable bonds is 3. The molecule has 0 unspecified atom stereocenters. The molecule has 0 saturated carbocycles. The van der Waals surface area contributed by atoms with E-state index in [-0.39, 0.29) is 12.2 Å². The molecule has 0 fully saturated rings. The van der Waals surface area contributed by atoms with Crippen LogP contribution in [0.3, 0.4) is 0 Å². The number of benzene rings is 2. The molecule has 3 nitrogen and oxygen atoms in total. The SMILES string of the molecule is Cc1cc2occ(CC(=O)Oc3ccc(F)cc3)c2cc1C. The quantitative estimate of drug-likeness (QED) is 0.533. The Balaban J connectivity index is 1.79. The van der Waals surface area contributed by atoms with Crippen LogP contribution in [-0.4, -0.2) is 5.97 Å². The second kappa shape index (κ2) is 5.64. The van der Waals surface area contributed by atoms with Crippen molar-refractivity contribution in [1.82, 2.24) is 0 Å². The van der Waals surface area contributed by atoms with E-state index in [0.29, 0.717) is 5.75 Å². The van der Waals surface area contributed by atoms with Gasteiger partial charge in [-0.3, -0.25) is 4.79 Å². The van der Waals surface area contributed by atoms with Crippen LogP contribution in [-0.2, 0) is 11.2 Å². The van der Waals surface area contributed by atoms with Crippen molar-refractivity contribution in [2.24, 2.45) is 0 Å². The highest BCUT2D eigenvalue weighted by Gasteiger charge is 2.13. The van der Waals surface area contributed by atoms with Gasteiger partial charge in [0.25, 0.3) is 0 Å². The Morgan fingerprint density at radius 2 is 1.82 bits per heavy atom. The molecular weight excluding hydrogens is 283 g/mol. The second-order valence-electron chi connectivity index (χ2n) is 5.30. The van der Waals surface area contributed by atoms with Gasteiger partial charge in [-0.15, -0.1) is 0 Å². The lowest BCUT2D eigenvalue weighted by molar-refractivity contribution is -0.133. The van der Waals surface area contributed by atoms with Gasteiger partial charge in [0, 0.05) is 10.9 Å². The Kier molecular flexibility index (Phi) is 3.67. The Morgan fingerprint density at radius 3 is 2.55 bits per heavy atom. The summed E-state index contributed by atoms with van der Waals surface area (Å²) in [6, 6.07) is 9.32. The van der Waals surface area contributed by atoms with E-state index in [4.69, 9.17) is 9.15 Å². The lowest BCUT2D eigenvalue weighted by Crippen LogP contribution is -2.10. The summed E-state index contributed by atoms with van der Waals surface area (Å²) >= 11 is 0. The molecule has 0 N–H and O–H groups in total. The van der Waals surface area contributed by atoms with Gasteiger partial charge in [0.05, 0.1) is 12.7 Å². The van der Waals surface area contributed by atoms with Crippen LogP contribution >= 0.6 is 0 Å². The molecule has 3 rings (SSSR count). The molecule has 3 aromatic rings. The Hall–Kier alpha value is -2.62. The zero-order valence-corrected chi connectivity index (χ0v) is 12.4. The van der Waals surface area contributed by atoms with E-state index in [1.165, 1.54) is 24.3 Å². The maximum Gasteiger partial charge on any atom is 0.315 e. The van der Waals surface area contributed by atoms with Gasteiger partial charge in [-0.2, -0.15) is 0 Å². The zero-order valence-electron chi connectivity index (χ0n) is 12.4. The van der Waals surface area contributed by atoms with Crippen LogP contribution in [0.5, 0.6) is 5.75 Å². The van der Waals surface area contributed by atoms with E-state index in [0.717, 1.165) is 27.7 Å². The van der Waals surface area contributed by atoms with Gasteiger partial charge in [-0.1, -0.05) is 0 Å². The standard InChI is InChI=1S/C18H15FO3/c1-11-7-16-13(10-21-17(16)8-12(11)2)9-18(20)22-15-5-3-14(19)4-6-15/h3-8,10H,9H2,1-2H3. The highest BCUT2D eigenvalue weighted by atomic mass is 19.1. The van der Waals surface area contributed by atoms with E-state index in [9.17, 15) is 9.18 Å². The monoisotopic (exact) mass is 298 g/mol. The zero-order chi connectivity index (χ0) is 15.7. The van der Waals surface area contributed by atoms with Crippen molar-refractivity contribution in [2.45, 2.75) is 20.3 Å². The summed E-state index contributed by atoms with van der Waals surface area (Å²) in [5.41, 5.74) is 3.82. The van der Waals surface area contributed by atoms with E-state index in [1.807, 2.05) is 26.0 Å². The topological polar surface area (TPSA) is 39.4 Å². The molecule has 0 aliphatic heterocycles. The molecule has 0 atom stereocenters. The molecule has 0 aliphatic carbocycles. The third-order valence-electron chi connectivity index (χ3n) is 3.65. The number of fused-ring (bicyclic) bond motifs is 1. The van der Waals surface area contributed by atoms with Crippen LogP contribution in [0, 0.1) is 19.7 Å². The summed E-state index contributed by atoms with van der Waals surface area (Å²) in [5, 5.41) is 0.916. The number of halogens is 1. The smallest absolute Gasteiger partial charge is 0.315 e. The summed E-state index contributed by atoms with van der Waals surface area (Å²) in [6.07, 6.45) is 1.68. The molecule has 22 heavy (non-hydrogen) atoms. The van der Waals surface area contributed by atoms with Gasteiger partial charge >= 0.3 is 5.97 Å². The lowest BCUT2D eigenvalue weighted by atomic mass is 10.0. The molecule has 1 aromatic heterocycles. The first-order chi connectivity index (χ1) is 10.5. The molecule has 1 heterocycles. The van der Waals surface area contributed by atoms with Crippen molar-refractivity contribution in [2.75, 3.05) is 0 Å². The number of carbonyl (C=O) groups excluding carboxylic acids is 1. The molecule has 112 valence electrons. The third-order valence-corrected chi connectivity index (χ3v) is 3.65. The van der Waals surface area contributed by atoms with E-state index in [1.54, 1.807) is 6.26 Å². The van der Waals surface area contributed by atoms with Gasteiger partial charge < -0.3 is 9.15 Å². The van der Waals surface area contributed by atoms with Crippen molar-refractivity contribution in [3.63, 3.8) is 0 Å². The number of furan rings is 1. The summed E-state index contributed by atoms with van der Waals surface area (Å²) in [6.45, 7) is 4.03. The highest BCUT2D eigenvalue weighted by Crippen LogP contribution is 2.25. The minimum atomic E-state index is -0.410. The predicted octanol–water partition coefficient (Wildman–Crippen LogP) is 4.34. The molecule has 0 radical (unpaired) electrons. The van der Waals surface area contributed by atoms with Crippen molar-refractivity contribution < 1.29 is 18.3 Å². The van der Waals surface area contributed by atoms with Crippen LogP contribution in [0.2, 0.25) is 0 Å². The normalized spacial score (nSPS) is 10.9. The number of hydrogen-bond donors (Lipinski definition) is 0. The average molecular weight is 298 g/mol. The molecule has 0 aliphatic rings. The Bertz CT molecular complexity index is 831. The van der Waals surface area contributed by atoms with Crippen molar-refractivity contribution >= 4 is 16.9 Å². The fourth-order valence-corrected chi connectivity index (χ4v) is 2.30. The summed E-state index contributed by atoms with van der Waals surface area (Å²) in [5.74, 6) is -0.453. The fourth-order valence-electron chi connectivity index (χ4n) is 2.30. The summed E-state index contributed by atoms with van der Waals surface area (Å²) in [4.78, 5) is 12.0. The average Bonchev–Trinajstić information content (AvgIpc) is 2.84. The molecule has 0 saturated heterocycles. The van der Waals surface area contributed by atoms with Gasteiger partial charge in [-0.25, -0.2) is 4.39 Å². The molecule has 2 aromatic carbocycles. The van der Waals surface area contributed by atoms with Gasteiger partial charge in [0.15, 0.2) is 0 Å². The summed E-state index contributed by atoms with van der Waals surface area (Å²) in [7, 11) is 0. The molecule has 0 amide bonds. The first kappa shape index (κ1) is 14.3. The van der Waals surface area contributed by atoms with E-state index in [2.05, 4.69) is 0 Å². The van der Waals surface area contributed by atoms with Gasteiger partial charge in [0.2, 0.25) is 0 Å². The Morgan fingerprint density at radius 1 is 1.14 bits per heavy atom. The number of ether oxygens (including phenoxy) is 1. The third kappa shape index (κ3) is 2.86. The van der Waals surface area contributed by atoms with E-state index >= 15 is 0 Å². The lowest BCUT2D eigenvalue weighted by Gasteiger charge is -2.04. The maximum absolute atomic E-state index is 12.8. The first-order valence-corrected chi connectivity index (χ1v) is 6.96. The molecular formula is C18H15FO3. The minimum absolute atomic E-state index is 0.104. The van der Waals surface area contributed by atoms with Gasteiger partial charge in [0.1, 0.15) is 17.1 Å².